The highest BCUT2D eigenvalue weighted by Crippen LogP contribution is 2.12. The summed E-state index contributed by atoms with van der Waals surface area (Å²) in [6, 6.07) is 7.25. The van der Waals surface area contributed by atoms with Crippen molar-refractivity contribution in [3.63, 3.8) is 0 Å². The molecule has 1 aromatic rings. The second kappa shape index (κ2) is 6.01. The van der Waals surface area contributed by atoms with Gasteiger partial charge >= 0.3 is 0 Å². The lowest BCUT2D eigenvalue weighted by Crippen LogP contribution is -2.29. The number of carbonyl (C=O) groups excluding carboxylic acids is 1. The van der Waals surface area contributed by atoms with Crippen LogP contribution in [-0.4, -0.2) is 35.6 Å². The Morgan fingerprint density at radius 1 is 1.44 bits per heavy atom. The Labute approximate surface area is 104 Å². The van der Waals surface area contributed by atoms with E-state index < -0.39 is 0 Å². The number of rotatable bonds is 4. The number of benzene rings is 1. The Morgan fingerprint density at radius 3 is 2.50 bits per heavy atom. The largest absolute Gasteiger partial charge is 0.393 e. The topological polar surface area (TPSA) is 40.5 Å². The van der Waals surface area contributed by atoms with Gasteiger partial charge in [-0.3, -0.25) is 4.79 Å². The summed E-state index contributed by atoms with van der Waals surface area (Å²) in [4.78, 5) is 13.5. The van der Waals surface area contributed by atoms with Crippen LogP contribution < -0.4 is 0 Å². The number of aliphatic hydroxyl groups excluding tert-OH is 1. The zero-order valence-corrected chi connectivity index (χ0v) is 11.1. The first kappa shape index (κ1) is 13.2. The van der Waals surface area contributed by atoms with Crippen molar-refractivity contribution in [3.05, 3.63) is 34.3 Å². The van der Waals surface area contributed by atoms with Gasteiger partial charge in [-0.15, -0.1) is 0 Å². The Kier molecular flexibility index (Phi) is 4.96. The second-order valence-corrected chi connectivity index (χ2v) is 4.79. The van der Waals surface area contributed by atoms with Gasteiger partial charge in [-0.1, -0.05) is 15.9 Å². The molecule has 1 N–H and O–H groups in total. The highest BCUT2D eigenvalue weighted by atomic mass is 79.9. The molecule has 0 fully saturated rings. The summed E-state index contributed by atoms with van der Waals surface area (Å²) in [5, 5.41) is 9.15. The summed E-state index contributed by atoms with van der Waals surface area (Å²) < 4.78 is 0.954. The van der Waals surface area contributed by atoms with Gasteiger partial charge in [0.05, 0.1) is 6.10 Å². The summed E-state index contributed by atoms with van der Waals surface area (Å²) in [6.45, 7) is 2.28. The molecule has 0 saturated heterocycles. The minimum absolute atomic E-state index is 0.0202. The minimum Gasteiger partial charge on any atom is -0.393 e. The van der Waals surface area contributed by atoms with Crippen LogP contribution >= 0.6 is 15.9 Å². The Balaban J connectivity index is 2.60. The molecular weight excluding hydrogens is 270 g/mol. The fourth-order valence-corrected chi connectivity index (χ4v) is 1.56. The van der Waals surface area contributed by atoms with Crippen LogP contribution in [0.3, 0.4) is 0 Å². The van der Waals surface area contributed by atoms with Gasteiger partial charge in [0.2, 0.25) is 0 Å². The van der Waals surface area contributed by atoms with Crippen molar-refractivity contribution in [2.75, 3.05) is 13.6 Å². The molecule has 1 rings (SSSR count). The molecule has 0 aliphatic heterocycles. The molecular formula is C12H16BrNO2. The van der Waals surface area contributed by atoms with E-state index in [1.54, 1.807) is 31.0 Å². The molecule has 4 heteroatoms. The highest BCUT2D eigenvalue weighted by molar-refractivity contribution is 9.10. The van der Waals surface area contributed by atoms with Crippen molar-refractivity contribution in [1.29, 1.82) is 0 Å². The molecule has 0 radical (unpaired) electrons. The predicted octanol–water partition coefficient (Wildman–Crippen LogP) is 2.29. The van der Waals surface area contributed by atoms with Crippen LogP contribution in [0.5, 0.6) is 0 Å². The van der Waals surface area contributed by atoms with Gasteiger partial charge in [-0.05, 0) is 37.6 Å². The van der Waals surface area contributed by atoms with Crippen molar-refractivity contribution in [1.82, 2.24) is 4.90 Å². The SMILES string of the molecule is CC(O)CCN(C)C(=O)c1ccc(Br)cc1. The maximum Gasteiger partial charge on any atom is 0.253 e. The summed E-state index contributed by atoms with van der Waals surface area (Å²) in [7, 11) is 1.74. The zero-order chi connectivity index (χ0) is 12.1. The van der Waals surface area contributed by atoms with E-state index in [2.05, 4.69) is 15.9 Å². The molecule has 0 heterocycles. The van der Waals surface area contributed by atoms with Gasteiger partial charge in [0.1, 0.15) is 0 Å². The third-order valence-electron chi connectivity index (χ3n) is 2.32. The fourth-order valence-electron chi connectivity index (χ4n) is 1.29. The van der Waals surface area contributed by atoms with E-state index in [-0.39, 0.29) is 12.0 Å². The quantitative estimate of drug-likeness (QED) is 0.922. The molecule has 0 saturated carbocycles. The van der Waals surface area contributed by atoms with E-state index >= 15 is 0 Å². The first-order valence-corrected chi connectivity index (χ1v) is 5.99. The molecule has 1 atom stereocenters. The normalized spacial score (nSPS) is 12.2. The smallest absolute Gasteiger partial charge is 0.253 e. The maximum atomic E-state index is 11.9. The van der Waals surface area contributed by atoms with Gasteiger partial charge in [0.25, 0.3) is 5.91 Å². The molecule has 3 nitrogen and oxygen atoms in total. The Hall–Kier alpha value is -0.870. The molecule has 16 heavy (non-hydrogen) atoms. The number of aliphatic hydroxyl groups is 1. The summed E-state index contributed by atoms with van der Waals surface area (Å²) in [5.41, 5.74) is 0.663. The van der Waals surface area contributed by atoms with Crippen molar-refractivity contribution in [3.8, 4) is 0 Å². The minimum atomic E-state index is -0.375. The van der Waals surface area contributed by atoms with E-state index in [1.165, 1.54) is 0 Å². The summed E-state index contributed by atoms with van der Waals surface area (Å²) in [5.74, 6) is -0.0202. The lowest BCUT2D eigenvalue weighted by Gasteiger charge is -2.18. The van der Waals surface area contributed by atoms with E-state index in [0.29, 0.717) is 18.5 Å². The average molecular weight is 286 g/mol. The van der Waals surface area contributed by atoms with Crippen LogP contribution in [0.1, 0.15) is 23.7 Å². The van der Waals surface area contributed by atoms with Crippen LogP contribution in [0.25, 0.3) is 0 Å². The number of hydrogen-bond acceptors (Lipinski definition) is 2. The molecule has 1 unspecified atom stereocenters. The van der Waals surface area contributed by atoms with Crippen molar-refractivity contribution < 1.29 is 9.90 Å². The Morgan fingerprint density at radius 2 is 2.00 bits per heavy atom. The fraction of sp³-hybridized carbons (Fsp3) is 0.417. The third kappa shape index (κ3) is 3.94. The molecule has 0 aromatic heterocycles. The van der Waals surface area contributed by atoms with Gasteiger partial charge in [0, 0.05) is 23.6 Å². The number of carbonyl (C=O) groups is 1. The van der Waals surface area contributed by atoms with Crippen molar-refractivity contribution >= 4 is 21.8 Å². The van der Waals surface area contributed by atoms with E-state index in [4.69, 9.17) is 5.11 Å². The van der Waals surface area contributed by atoms with E-state index in [0.717, 1.165) is 4.47 Å². The number of nitrogens with zero attached hydrogens (tertiary/aromatic N) is 1. The molecule has 0 spiro atoms. The van der Waals surface area contributed by atoms with Crippen LogP contribution in [0, 0.1) is 0 Å². The van der Waals surface area contributed by atoms with Crippen LogP contribution in [-0.2, 0) is 0 Å². The zero-order valence-electron chi connectivity index (χ0n) is 9.48. The molecule has 0 aliphatic rings. The number of hydrogen-bond donors (Lipinski definition) is 1. The maximum absolute atomic E-state index is 11.9. The van der Waals surface area contributed by atoms with Crippen LogP contribution in [0.2, 0.25) is 0 Å². The molecule has 1 aromatic carbocycles. The standard InChI is InChI=1S/C12H16BrNO2/c1-9(15)7-8-14(2)12(16)10-3-5-11(13)6-4-10/h3-6,9,15H,7-8H2,1-2H3. The lowest BCUT2D eigenvalue weighted by atomic mass is 10.2. The molecule has 0 bridgehead atoms. The molecule has 1 amide bonds. The van der Waals surface area contributed by atoms with Gasteiger partial charge in [0.15, 0.2) is 0 Å². The van der Waals surface area contributed by atoms with Crippen molar-refractivity contribution in [2.45, 2.75) is 19.4 Å². The second-order valence-electron chi connectivity index (χ2n) is 3.87. The first-order chi connectivity index (χ1) is 7.50. The average Bonchev–Trinajstić information content (AvgIpc) is 2.26. The number of halogens is 1. The van der Waals surface area contributed by atoms with E-state index in [1.807, 2.05) is 12.1 Å². The van der Waals surface area contributed by atoms with Gasteiger partial charge < -0.3 is 10.0 Å². The Bertz CT molecular complexity index is 349. The van der Waals surface area contributed by atoms with E-state index in [9.17, 15) is 4.79 Å². The van der Waals surface area contributed by atoms with Gasteiger partial charge in [-0.2, -0.15) is 0 Å². The monoisotopic (exact) mass is 285 g/mol. The summed E-state index contributed by atoms with van der Waals surface area (Å²) in [6.07, 6.45) is 0.221. The molecule has 88 valence electrons. The lowest BCUT2D eigenvalue weighted by molar-refractivity contribution is 0.0769. The third-order valence-corrected chi connectivity index (χ3v) is 2.85. The highest BCUT2D eigenvalue weighted by Gasteiger charge is 2.11. The number of amides is 1. The molecule has 0 aliphatic carbocycles. The van der Waals surface area contributed by atoms with Gasteiger partial charge in [-0.25, -0.2) is 0 Å². The van der Waals surface area contributed by atoms with Crippen LogP contribution in [0.4, 0.5) is 0 Å². The van der Waals surface area contributed by atoms with Crippen LogP contribution in [0.15, 0.2) is 28.7 Å². The van der Waals surface area contributed by atoms with Crippen molar-refractivity contribution in [2.24, 2.45) is 0 Å². The first-order valence-electron chi connectivity index (χ1n) is 5.20. The summed E-state index contributed by atoms with van der Waals surface area (Å²) >= 11 is 3.32. The predicted molar refractivity (Wildman–Crippen MR) is 67.4 cm³/mol.